The number of nitrogens with zero attached hydrogens (tertiary/aromatic N) is 1. The quantitative estimate of drug-likeness (QED) is 0.617. The second-order valence-corrected chi connectivity index (χ2v) is 7.88. The van der Waals surface area contributed by atoms with Crippen LogP contribution in [0.4, 0.5) is 0 Å². The van der Waals surface area contributed by atoms with Crippen molar-refractivity contribution in [3.05, 3.63) is 57.9 Å². The summed E-state index contributed by atoms with van der Waals surface area (Å²) in [7, 11) is -1.21. The van der Waals surface area contributed by atoms with Crippen LogP contribution in [0.1, 0.15) is 35.7 Å². The molecule has 3 rings (SSSR count). The summed E-state index contributed by atoms with van der Waals surface area (Å²) in [4.78, 5) is 7.93. The average Bonchev–Trinajstić information content (AvgIpc) is 2.86. The van der Waals surface area contributed by atoms with E-state index < -0.39 is 10.8 Å². The van der Waals surface area contributed by atoms with Crippen LogP contribution in [0.5, 0.6) is 0 Å². The Morgan fingerprint density at radius 2 is 1.88 bits per heavy atom. The fourth-order valence-electron chi connectivity index (χ4n) is 2.98. The molecule has 0 saturated carbocycles. The fourth-order valence-corrected chi connectivity index (χ4v) is 4.29. The number of hydrogen-bond donors (Lipinski definition) is 1. The summed E-state index contributed by atoms with van der Waals surface area (Å²) in [6, 6.07) is 7.47. The average molecular weight is 397 g/mol. The van der Waals surface area contributed by atoms with Crippen molar-refractivity contribution >= 4 is 45.7 Å². The van der Waals surface area contributed by atoms with E-state index in [9.17, 15) is 4.21 Å². The van der Waals surface area contributed by atoms with Crippen LogP contribution in [-0.4, -0.2) is 14.2 Å². The lowest BCUT2D eigenvalue weighted by Crippen LogP contribution is -2.02. The molecule has 0 amide bonds. The van der Waals surface area contributed by atoms with E-state index in [2.05, 4.69) is 30.7 Å². The van der Waals surface area contributed by atoms with Gasteiger partial charge in [0.05, 0.1) is 22.1 Å². The number of benzene rings is 1. The highest BCUT2D eigenvalue weighted by Crippen LogP contribution is 2.29. The molecular weight excluding hydrogens is 375 g/mol. The SMILES string of the molecule is CCCc1cnc(S(=O)Cc2ccc(Cl)cc2)c2[nH]c(C)c(C)c12.Cl. The van der Waals surface area contributed by atoms with E-state index in [1.807, 2.05) is 30.5 Å². The van der Waals surface area contributed by atoms with Crippen LogP contribution in [0.25, 0.3) is 10.9 Å². The fraction of sp³-hybridized carbons (Fsp3) is 0.316. The zero-order valence-corrected chi connectivity index (χ0v) is 16.9. The summed E-state index contributed by atoms with van der Waals surface area (Å²) in [6.07, 6.45) is 3.93. The number of rotatable bonds is 5. The number of hydrogen-bond acceptors (Lipinski definition) is 2. The van der Waals surface area contributed by atoms with E-state index >= 15 is 0 Å². The van der Waals surface area contributed by atoms with Gasteiger partial charge in [0.15, 0.2) is 5.03 Å². The van der Waals surface area contributed by atoms with E-state index in [1.165, 1.54) is 16.5 Å². The summed E-state index contributed by atoms with van der Waals surface area (Å²) < 4.78 is 12.9. The number of aromatic amines is 1. The topological polar surface area (TPSA) is 45.8 Å². The number of fused-ring (bicyclic) bond motifs is 1. The van der Waals surface area contributed by atoms with Crippen molar-refractivity contribution in [2.24, 2.45) is 0 Å². The van der Waals surface area contributed by atoms with Crippen LogP contribution >= 0.6 is 24.0 Å². The third-order valence-electron chi connectivity index (χ3n) is 4.32. The molecule has 1 N–H and O–H groups in total. The Labute approximate surface area is 162 Å². The molecule has 0 bridgehead atoms. The van der Waals surface area contributed by atoms with Gasteiger partial charge in [-0.15, -0.1) is 12.4 Å². The predicted molar refractivity (Wildman–Crippen MR) is 108 cm³/mol. The first-order chi connectivity index (χ1) is 11.5. The van der Waals surface area contributed by atoms with E-state index in [0.29, 0.717) is 15.8 Å². The second-order valence-electron chi connectivity index (χ2n) is 6.08. The summed E-state index contributed by atoms with van der Waals surface area (Å²) >= 11 is 5.92. The van der Waals surface area contributed by atoms with Crippen molar-refractivity contribution in [1.82, 2.24) is 9.97 Å². The van der Waals surface area contributed by atoms with Crippen LogP contribution < -0.4 is 0 Å². The Bertz CT molecular complexity index is 904. The molecule has 1 aromatic carbocycles. The predicted octanol–water partition coefficient (Wildman–Crippen LogP) is 5.52. The van der Waals surface area contributed by atoms with Crippen LogP contribution in [0, 0.1) is 13.8 Å². The Kier molecular flexibility index (Phi) is 6.66. The molecule has 0 radical (unpaired) electrons. The molecule has 6 heteroatoms. The van der Waals surface area contributed by atoms with Gasteiger partial charge in [-0.2, -0.15) is 0 Å². The number of aryl methyl sites for hydroxylation is 3. The van der Waals surface area contributed by atoms with Crippen LogP contribution in [0.15, 0.2) is 35.5 Å². The molecule has 3 aromatic rings. The van der Waals surface area contributed by atoms with Gasteiger partial charge in [0.2, 0.25) is 0 Å². The molecule has 0 saturated heterocycles. The zero-order valence-electron chi connectivity index (χ0n) is 14.6. The first kappa shape index (κ1) is 20.0. The van der Waals surface area contributed by atoms with Crippen LogP contribution in [0.2, 0.25) is 5.02 Å². The molecule has 2 aromatic heterocycles. The van der Waals surface area contributed by atoms with Gasteiger partial charge < -0.3 is 4.98 Å². The van der Waals surface area contributed by atoms with Crippen molar-refractivity contribution in [3.8, 4) is 0 Å². The maximum absolute atomic E-state index is 12.9. The Morgan fingerprint density at radius 3 is 2.52 bits per heavy atom. The molecule has 134 valence electrons. The summed E-state index contributed by atoms with van der Waals surface area (Å²) in [5.41, 5.74) is 5.47. The lowest BCUT2D eigenvalue weighted by molar-refractivity contribution is 0.680. The number of pyridine rings is 1. The van der Waals surface area contributed by atoms with Crippen LogP contribution in [0.3, 0.4) is 0 Å². The lowest BCUT2D eigenvalue weighted by Gasteiger charge is -2.08. The van der Waals surface area contributed by atoms with Crippen molar-refractivity contribution in [3.63, 3.8) is 0 Å². The van der Waals surface area contributed by atoms with Crippen molar-refractivity contribution in [2.45, 2.75) is 44.4 Å². The van der Waals surface area contributed by atoms with Crippen LogP contribution in [-0.2, 0) is 23.0 Å². The summed E-state index contributed by atoms with van der Waals surface area (Å²) in [6.45, 7) is 6.32. The lowest BCUT2D eigenvalue weighted by atomic mass is 10.0. The number of nitrogens with one attached hydrogen (secondary N) is 1. The van der Waals surface area contributed by atoms with E-state index in [0.717, 1.165) is 29.6 Å². The molecule has 2 heterocycles. The highest BCUT2D eigenvalue weighted by Gasteiger charge is 2.18. The summed E-state index contributed by atoms with van der Waals surface area (Å²) in [5, 5.41) is 2.50. The van der Waals surface area contributed by atoms with E-state index in [4.69, 9.17) is 11.6 Å². The number of aromatic nitrogens is 2. The standard InChI is InChI=1S/C19H21ClN2OS.ClH/c1-4-5-15-10-21-19(18-17(15)12(2)13(3)22-18)24(23)11-14-6-8-16(20)9-7-14;/h6-10,22H,4-5,11H2,1-3H3;1H. The first-order valence-electron chi connectivity index (χ1n) is 8.10. The molecule has 25 heavy (non-hydrogen) atoms. The first-order valence-corrected chi connectivity index (χ1v) is 9.80. The Hall–Kier alpha value is -1.36. The van der Waals surface area contributed by atoms with Gasteiger partial charge >= 0.3 is 0 Å². The second kappa shape index (κ2) is 8.35. The third kappa shape index (κ3) is 4.08. The van der Waals surface area contributed by atoms with Crippen molar-refractivity contribution in [1.29, 1.82) is 0 Å². The van der Waals surface area contributed by atoms with Gasteiger partial charge in [0, 0.05) is 22.3 Å². The van der Waals surface area contributed by atoms with E-state index in [-0.39, 0.29) is 12.4 Å². The normalized spacial score (nSPS) is 12.2. The molecule has 3 nitrogen and oxygen atoms in total. The molecule has 0 aliphatic carbocycles. The third-order valence-corrected chi connectivity index (χ3v) is 5.91. The molecule has 1 unspecified atom stereocenters. The van der Waals surface area contributed by atoms with Crippen molar-refractivity contribution < 1.29 is 4.21 Å². The monoisotopic (exact) mass is 396 g/mol. The highest BCUT2D eigenvalue weighted by molar-refractivity contribution is 7.84. The van der Waals surface area contributed by atoms with Crippen molar-refractivity contribution in [2.75, 3.05) is 0 Å². The maximum Gasteiger partial charge on any atom is 0.151 e. The highest BCUT2D eigenvalue weighted by atomic mass is 35.5. The molecular formula is C19H22Cl2N2OS. The largest absolute Gasteiger partial charge is 0.356 e. The molecule has 0 aliphatic rings. The molecule has 0 fully saturated rings. The van der Waals surface area contributed by atoms with Gasteiger partial charge in [0.25, 0.3) is 0 Å². The van der Waals surface area contributed by atoms with Gasteiger partial charge in [-0.1, -0.05) is 37.1 Å². The number of H-pyrrole nitrogens is 1. The maximum atomic E-state index is 12.9. The smallest absolute Gasteiger partial charge is 0.151 e. The molecule has 0 aliphatic heterocycles. The summed E-state index contributed by atoms with van der Waals surface area (Å²) in [5.74, 6) is 0.434. The number of halogens is 2. The Balaban J connectivity index is 0.00000225. The minimum Gasteiger partial charge on any atom is -0.356 e. The molecule has 1 atom stereocenters. The minimum atomic E-state index is -1.21. The van der Waals surface area contributed by atoms with Gasteiger partial charge in [-0.05, 0) is 49.1 Å². The van der Waals surface area contributed by atoms with Gasteiger partial charge in [-0.25, -0.2) is 4.98 Å². The zero-order chi connectivity index (χ0) is 17.3. The van der Waals surface area contributed by atoms with Gasteiger partial charge in [0.1, 0.15) is 0 Å². The minimum absolute atomic E-state index is 0. The van der Waals surface area contributed by atoms with E-state index in [1.54, 1.807) is 0 Å². The Morgan fingerprint density at radius 1 is 1.20 bits per heavy atom. The molecule has 0 spiro atoms. The van der Waals surface area contributed by atoms with Gasteiger partial charge in [-0.3, -0.25) is 4.21 Å².